The lowest BCUT2D eigenvalue weighted by Gasteiger charge is -2.05. The third-order valence-corrected chi connectivity index (χ3v) is 3.33. The van der Waals surface area contributed by atoms with Gasteiger partial charge < -0.3 is 5.73 Å². The standard InChI is InChI=1S/C17H16N2/c18-12-14-5-3-13(4-6-14)10-15-7-8-17-16(11-15)2-1-9-19-17/h1-9,11H,10,12,18H2. The van der Waals surface area contributed by atoms with Gasteiger partial charge in [0.05, 0.1) is 5.52 Å². The van der Waals surface area contributed by atoms with Gasteiger partial charge in [-0.1, -0.05) is 36.4 Å². The first-order valence-corrected chi connectivity index (χ1v) is 6.47. The minimum absolute atomic E-state index is 0.599. The first-order chi connectivity index (χ1) is 9.35. The van der Waals surface area contributed by atoms with Crippen molar-refractivity contribution in [2.75, 3.05) is 0 Å². The summed E-state index contributed by atoms with van der Waals surface area (Å²) in [6, 6.07) is 19.0. The number of pyridine rings is 1. The molecule has 0 saturated carbocycles. The van der Waals surface area contributed by atoms with Gasteiger partial charge >= 0.3 is 0 Å². The lowest BCUT2D eigenvalue weighted by atomic mass is 10.0. The largest absolute Gasteiger partial charge is 0.326 e. The van der Waals surface area contributed by atoms with Crippen molar-refractivity contribution in [2.45, 2.75) is 13.0 Å². The summed E-state index contributed by atoms with van der Waals surface area (Å²) in [6.07, 6.45) is 2.77. The lowest BCUT2D eigenvalue weighted by Crippen LogP contribution is -1.96. The molecule has 0 aliphatic heterocycles. The van der Waals surface area contributed by atoms with Crippen molar-refractivity contribution < 1.29 is 0 Å². The van der Waals surface area contributed by atoms with Crippen LogP contribution in [0.2, 0.25) is 0 Å². The summed E-state index contributed by atoms with van der Waals surface area (Å²) in [5, 5.41) is 1.19. The summed E-state index contributed by atoms with van der Waals surface area (Å²) in [7, 11) is 0. The maximum Gasteiger partial charge on any atom is 0.0702 e. The Labute approximate surface area is 112 Å². The van der Waals surface area contributed by atoms with Gasteiger partial charge in [0.2, 0.25) is 0 Å². The summed E-state index contributed by atoms with van der Waals surface area (Å²) in [6.45, 7) is 0.599. The van der Waals surface area contributed by atoms with E-state index < -0.39 is 0 Å². The minimum Gasteiger partial charge on any atom is -0.326 e. The van der Waals surface area contributed by atoms with E-state index in [9.17, 15) is 0 Å². The molecule has 0 unspecified atom stereocenters. The molecule has 0 aliphatic carbocycles. The molecule has 1 heterocycles. The lowest BCUT2D eigenvalue weighted by molar-refractivity contribution is 1.06. The average Bonchev–Trinajstić information content (AvgIpc) is 2.48. The van der Waals surface area contributed by atoms with Gasteiger partial charge in [-0.05, 0) is 41.3 Å². The Hall–Kier alpha value is -2.19. The zero-order valence-electron chi connectivity index (χ0n) is 10.7. The van der Waals surface area contributed by atoms with Crippen LogP contribution in [-0.2, 0) is 13.0 Å². The Morgan fingerprint density at radius 2 is 1.58 bits per heavy atom. The second-order valence-electron chi connectivity index (χ2n) is 4.73. The number of nitrogens with two attached hydrogens (primary N) is 1. The number of rotatable bonds is 3. The fourth-order valence-electron chi connectivity index (χ4n) is 2.26. The fourth-order valence-corrected chi connectivity index (χ4v) is 2.26. The molecule has 3 aromatic rings. The number of hydrogen-bond acceptors (Lipinski definition) is 2. The van der Waals surface area contributed by atoms with Crippen molar-refractivity contribution in [1.29, 1.82) is 0 Å². The van der Waals surface area contributed by atoms with Crippen molar-refractivity contribution in [3.8, 4) is 0 Å². The van der Waals surface area contributed by atoms with Crippen LogP contribution in [0.15, 0.2) is 60.8 Å². The predicted molar refractivity (Wildman–Crippen MR) is 78.9 cm³/mol. The highest BCUT2D eigenvalue weighted by atomic mass is 14.6. The van der Waals surface area contributed by atoms with Gasteiger partial charge in [-0.3, -0.25) is 4.98 Å². The minimum atomic E-state index is 0.599. The van der Waals surface area contributed by atoms with Crippen molar-refractivity contribution in [2.24, 2.45) is 5.73 Å². The molecule has 2 N–H and O–H groups in total. The van der Waals surface area contributed by atoms with Crippen LogP contribution in [0.25, 0.3) is 10.9 Å². The molecule has 2 aromatic carbocycles. The molecular formula is C17H16N2. The van der Waals surface area contributed by atoms with E-state index in [4.69, 9.17) is 5.73 Å². The molecule has 0 saturated heterocycles. The van der Waals surface area contributed by atoms with Crippen LogP contribution < -0.4 is 5.73 Å². The summed E-state index contributed by atoms with van der Waals surface area (Å²) in [4.78, 5) is 4.34. The molecule has 0 radical (unpaired) electrons. The van der Waals surface area contributed by atoms with E-state index >= 15 is 0 Å². The topological polar surface area (TPSA) is 38.9 Å². The second kappa shape index (κ2) is 5.21. The molecular weight excluding hydrogens is 232 g/mol. The molecule has 19 heavy (non-hydrogen) atoms. The van der Waals surface area contributed by atoms with Gasteiger partial charge in [0, 0.05) is 18.1 Å². The third kappa shape index (κ3) is 2.64. The predicted octanol–water partition coefficient (Wildman–Crippen LogP) is 3.28. The van der Waals surface area contributed by atoms with Crippen LogP contribution in [-0.4, -0.2) is 4.98 Å². The number of fused-ring (bicyclic) bond motifs is 1. The maximum absolute atomic E-state index is 5.61. The number of aromatic nitrogens is 1. The SMILES string of the molecule is NCc1ccc(Cc2ccc3ncccc3c2)cc1. The van der Waals surface area contributed by atoms with Gasteiger partial charge in [0.1, 0.15) is 0 Å². The quantitative estimate of drug-likeness (QED) is 0.772. The van der Waals surface area contributed by atoms with E-state index in [1.165, 1.54) is 22.1 Å². The van der Waals surface area contributed by atoms with Crippen LogP contribution in [0.5, 0.6) is 0 Å². The second-order valence-corrected chi connectivity index (χ2v) is 4.73. The van der Waals surface area contributed by atoms with Gasteiger partial charge in [0.25, 0.3) is 0 Å². The first-order valence-electron chi connectivity index (χ1n) is 6.47. The highest BCUT2D eigenvalue weighted by Crippen LogP contribution is 2.16. The molecule has 0 amide bonds. The Morgan fingerprint density at radius 1 is 0.842 bits per heavy atom. The zero-order chi connectivity index (χ0) is 13.1. The molecule has 2 heteroatoms. The van der Waals surface area contributed by atoms with E-state index in [0.717, 1.165) is 11.9 Å². The van der Waals surface area contributed by atoms with Crippen LogP contribution >= 0.6 is 0 Å². The molecule has 0 bridgehead atoms. The summed E-state index contributed by atoms with van der Waals surface area (Å²) < 4.78 is 0. The van der Waals surface area contributed by atoms with Crippen molar-refractivity contribution in [1.82, 2.24) is 4.98 Å². The summed E-state index contributed by atoms with van der Waals surface area (Å²) in [5.74, 6) is 0. The number of nitrogens with zero attached hydrogens (tertiary/aromatic N) is 1. The van der Waals surface area contributed by atoms with E-state index in [1.54, 1.807) is 0 Å². The maximum atomic E-state index is 5.61. The normalized spacial score (nSPS) is 10.8. The summed E-state index contributed by atoms with van der Waals surface area (Å²) >= 11 is 0. The van der Waals surface area contributed by atoms with Crippen LogP contribution in [0, 0.1) is 0 Å². The molecule has 0 spiro atoms. The third-order valence-electron chi connectivity index (χ3n) is 3.33. The smallest absolute Gasteiger partial charge is 0.0702 e. The Morgan fingerprint density at radius 3 is 2.37 bits per heavy atom. The van der Waals surface area contributed by atoms with Crippen LogP contribution in [0.4, 0.5) is 0 Å². The van der Waals surface area contributed by atoms with E-state index in [2.05, 4.69) is 53.5 Å². The van der Waals surface area contributed by atoms with Crippen molar-refractivity contribution >= 4 is 10.9 Å². The molecule has 0 fully saturated rings. The van der Waals surface area contributed by atoms with E-state index in [1.807, 2.05) is 12.3 Å². The molecule has 2 nitrogen and oxygen atoms in total. The van der Waals surface area contributed by atoms with E-state index in [-0.39, 0.29) is 0 Å². The van der Waals surface area contributed by atoms with E-state index in [0.29, 0.717) is 6.54 Å². The zero-order valence-corrected chi connectivity index (χ0v) is 10.7. The van der Waals surface area contributed by atoms with Gasteiger partial charge in [-0.2, -0.15) is 0 Å². The van der Waals surface area contributed by atoms with Gasteiger partial charge in [0.15, 0.2) is 0 Å². The van der Waals surface area contributed by atoms with Crippen LogP contribution in [0.1, 0.15) is 16.7 Å². The fraction of sp³-hybridized carbons (Fsp3) is 0.118. The molecule has 1 aromatic heterocycles. The Bertz CT molecular complexity index is 687. The van der Waals surface area contributed by atoms with Gasteiger partial charge in [-0.25, -0.2) is 0 Å². The molecule has 0 aliphatic rings. The Kier molecular flexibility index (Phi) is 3.25. The number of benzene rings is 2. The first kappa shape index (κ1) is 11.9. The van der Waals surface area contributed by atoms with Crippen molar-refractivity contribution in [3.63, 3.8) is 0 Å². The average molecular weight is 248 g/mol. The highest BCUT2D eigenvalue weighted by Gasteiger charge is 1.99. The Balaban J connectivity index is 1.87. The van der Waals surface area contributed by atoms with Gasteiger partial charge in [-0.15, -0.1) is 0 Å². The van der Waals surface area contributed by atoms with Crippen LogP contribution in [0.3, 0.4) is 0 Å². The summed E-state index contributed by atoms with van der Waals surface area (Å²) in [5.41, 5.74) is 10.4. The molecule has 94 valence electrons. The molecule has 3 rings (SSSR count). The highest BCUT2D eigenvalue weighted by molar-refractivity contribution is 5.79. The number of hydrogen-bond donors (Lipinski definition) is 1. The van der Waals surface area contributed by atoms with Crippen molar-refractivity contribution in [3.05, 3.63) is 77.5 Å². The monoisotopic (exact) mass is 248 g/mol. The molecule has 0 atom stereocenters.